The lowest BCUT2D eigenvalue weighted by Crippen LogP contribution is -1.86. The van der Waals surface area contributed by atoms with Gasteiger partial charge in [0.1, 0.15) is 0 Å². The van der Waals surface area contributed by atoms with Crippen LogP contribution in [0.4, 0.5) is 0 Å². The summed E-state index contributed by atoms with van der Waals surface area (Å²) in [4.78, 5) is 0. The molecule has 1 atom stereocenters. The maximum absolute atomic E-state index is 2.36. The maximum atomic E-state index is 2.36. The molecular formula is C14H20. The number of hydrogen-bond acceptors (Lipinski definition) is 0. The van der Waals surface area contributed by atoms with Crippen molar-refractivity contribution in [2.24, 2.45) is 5.92 Å². The minimum absolute atomic E-state index is 0.651. The lowest BCUT2D eigenvalue weighted by atomic mass is 10.0. The van der Waals surface area contributed by atoms with E-state index in [1.54, 1.807) is 0 Å². The smallest absolute Gasteiger partial charge is 0.00437 e. The lowest BCUT2D eigenvalue weighted by Gasteiger charge is -2.03. The Kier molecular flexibility index (Phi) is 3.94. The highest BCUT2D eigenvalue weighted by atomic mass is 14.1. The molecule has 0 saturated carbocycles. The Hall–Kier alpha value is -1.04. The quantitative estimate of drug-likeness (QED) is 0.575. The topological polar surface area (TPSA) is 0 Å². The highest BCUT2D eigenvalue weighted by Gasteiger charge is 2.09. The van der Waals surface area contributed by atoms with Crippen molar-refractivity contribution in [1.29, 1.82) is 0 Å². The van der Waals surface area contributed by atoms with Crippen molar-refractivity contribution >= 4 is 0 Å². The largest absolute Gasteiger partial charge is 0.0874 e. The molecule has 0 aromatic rings. The van der Waals surface area contributed by atoms with E-state index >= 15 is 0 Å². The van der Waals surface area contributed by atoms with Gasteiger partial charge in [0.15, 0.2) is 0 Å². The fraction of sp³-hybridized carbons (Fsp3) is 0.429. The second kappa shape index (κ2) is 4.99. The predicted molar refractivity (Wildman–Crippen MR) is 64.2 cm³/mol. The molecule has 0 bridgehead atoms. The molecule has 0 saturated heterocycles. The van der Waals surface area contributed by atoms with E-state index < -0.39 is 0 Å². The van der Waals surface area contributed by atoms with Gasteiger partial charge in [-0.25, -0.2) is 0 Å². The van der Waals surface area contributed by atoms with Crippen molar-refractivity contribution in [1.82, 2.24) is 0 Å². The number of allylic oxidation sites excluding steroid dienone is 8. The Morgan fingerprint density at radius 3 is 2.64 bits per heavy atom. The standard InChI is InChI=1S/C14H20/c1-5-7-11(3)12(4)14-9-8-13(6-2)10-14/h5,7-10,13H,6H2,1-4H3. The summed E-state index contributed by atoms with van der Waals surface area (Å²) in [5.41, 5.74) is 4.16. The Balaban J connectivity index is 2.87. The summed E-state index contributed by atoms with van der Waals surface area (Å²) in [6, 6.07) is 0. The molecule has 14 heavy (non-hydrogen) atoms. The van der Waals surface area contributed by atoms with Crippen LogP contribution in [0.5, 0.6) is 0 Å². The number of hydrogen-bond donors (Lipinski definition) is 0. The Morgan fingerprint density at radius 2 is 2.14 bits per heavy atom. The zero-order chi connectivity index (χ0) is 10.6. The fourth-order valence-electron chi connectivity index (χ4n) is 1.68. The van der Waals surface area contributed by atoms with E-state index in [-0.39, 0.29) is 0 Å². The molecule has 1 aliphatic carbocycles. The summed E-state index contributed by atoms with van der Waals surface area (Å²) in [5, 5.41) is 0. The zero-order valence-corrected chi connectivity index (χ0v) is 9.67. The van der Waals surface area contributed by atoms with Gasteiger partial charge in [0, 0.05) is 0 Å². The van der Waals surface area contributed by atoms with Gasteiger partial charge in [-0.05, 0) is 49.8 Å². The first-order chi connectivity index (χ1) is 6.69. The molecule has 0 fully saturated rings. The molecule has 0 amide bonds. The zero-order valence-electron chi connectivity index (χ0n) is 9.67. The third-order valence-corrected chi connectivity index (χ3v) is 2.83. The second-order valence-corrected chi connectivity index (χ2v) is 3.86. The Labute approximate surface area is 87.7 Å². The van der Waals surface area contributed by atoms with E-state index in [1.807, 2.05) is 0 Å². The average Bonchev–Trinajstić information content (AvgIpc) is 2.65. The first kappa shape index (κ1) is 11.0. The summed E-state index contributed by atoms with van der Waals surface area (Å²) in [7, 11) is 0. The van der Waals surface area contributed by atoms with E-state index in [2.05, 4.69) is 58.1 Å². The van der Waals surface area contributed by atoms with Crippen LogP contribution >= 0.6 is 0 Å². The van der Waals surface area contributed by atoms with E-state index in [0.717, 1.165) is 0 Å². The van der Waals surface area contributed by atoms with Gasteiger partial charge in [-0.2, -0.15) is 0 Å². The maximum Gasteiger partial charge on any atom is -0.00437 e. The van der Waals surface area contributed by atoms with Gasteiger partial charge in [0.05, 0.1) is 0 Å². The van der Waals surface area contributed by atoms with Crippen molar-refractivity contribution in [2.45, 2.75) is 34.1 Å². The van der Waals surface area contributed by atoms with E-state index in [1.165, 1.54) is 23.1 Å². The third kappa shape index (κ3) is 2.47. The van der Waals surface area contributed by atoms with Crippen LogP contribution in [0.3, 0.4) is 0 Å². The van der Waals surface area contributed by atoms with Gasteiger partial charge in [-0.15, -0.1) is 0 Å². The molecule has 0 aromatic carbocycles. The van der Waals surface area contributed by atoms with E-state index in [0.29, 0.717) is 5.92 Å². The van der Waals surface area contributed by atoms with Crippen LogP contribution in [-0.4, -0.2) is 0 Å². The first-order valence-electron chi connectivity index (χ1n) is 5.39. The minimum Gasteiger partial charge on any atom is -0.0874 e. The van der Waals surface area contributed by atoms with Gasteiger partial charge in [0.25, 0.3) is 0 Å². The molecular weight excluding hydrogens is 168 g/mol. The van der Waals surface area contributed by atoms with Gasteiger partial charge in [-0.1, -0.05) is 37.3 Å². The highest BCUT2D eigenvalue weighted by Crippen LogP contribution is 2.26. The molecule has 0 spiro atoms. The molecule has 0 nitrogen and oxygen atoms in total. The van der Waals surface area contributed by atoms with E-state index in [4.69, 9.17) is 0 Å². The molecule has 0 radical (unpaired) electrons. The predicted octanol–water partition coefficient (Wildman–Crippen LogP) is 4.42. The van der Waals surface area contributed by atoms with Crippen LogP contribution in [0.1, 0.15) is 34.1 Å². The number of rotatable bonds is 3. The van der Waals surface area contributed by atoms with Gasteiger partial charge in [-0.3, -0.25) is 0 Å². The molecule has 0 heteroatoms. The minimum atomic E-state index is 0.651. The van der Waals surface area contributed by atoms with Crippen LogP contribution < -0.4 is 0 Å². The van der Waals surface area contributed by atoms with Crippen molar-refractivity contribution < 1.29 is 0 Å². The summed E-state index contributed by atoms with van der Waals surface area (Å²) in [6.07, 6.45) is 12.4. The average molecular weight is 188 g/mol. The molecule has 1 unspecified atom stereocenters. The van der Waals surface area contributed by atoms with Crippen LogP contribution in [0.2, 0.25) is 0 Å². The normalized spacial score (nSPS) is 22.9. The molecule has 0 aromatic heterocycles. The molecule has 0 N–H and O–H groups in total. The molecule has 0 aliphatic heterocycles. The highest BCUT2D eigenvalue weighted by molar-refractivity contribution is 5.47. The van der Waals surface area contributed by atoms with Crippen LogP contribution in [0.15, 0.2) is 47.1 Å². The molecule has 0 heterocycles. The molecule has 1 aliphatic rings. The second-order valence-electron chi connectivity index (χ2n) is 3.86. The monoisotopic (exact) mass is 188 g/mol. The van der Waals surface area contributed by atoms with E-state index in [9.17, 15) is 0 Å². The van der Waals surface area contributed by atoms with Crippen molar-refractivity contribution in [3.8, 4) is 0 Å². The van der Waals surface area contributed by atoms with Crippen molar-refractivity contribution in [3.05, 3.63) is 47.1 Å². The molecule has 76 valence electrons. The Morgan fingerprint density at radius 1 is 1.43 bits per heavy atom. The molecule has 1 rings (SSSR count). The lowest BCUT2D eigenvalue weighted by molar-refractivity contribution is 0.783. The van der Waals surface area contributed by atoms with Crippen molar-refractivity contribution in [2.75, 3.05) is 0 Å². The van der Waals surface area contributed by atoms with Gasteiger partial charge < -0.3 is 0 Å². The van der Waals surface area contributed by atoms with Crippen LogP contribution in [0, 0.1) is 5.92 Å². The van der Waals surface area contributed by atoms with Crippen molar-refractivity contribution in [3.63, 3.8) is 0 Å². The van der Waals surface area contributed by atoms with Crippen LogP contribution in [-0.2, 0) is 0 Å². The van der Waals surface area contributed by atoms with Crippen LogP contribution in [0.25, 0.3) is 0 Å². The third-order valence-electron chi connectivity index (χ3n) is 2.83. The van der Waals surface area contributed by atoms with Gasteiger partial charge in [0.2, 0.25) is 0 Å². The fourth-order valence-corrected chi connectivity index (χ4v) is 1.68. The summed E-state index contributed by atoms with van der Waals surface area (Å²) in [5.74, 6) is 0.651. The van der Waals surface area contributed by atoms with Gasteiger partial charge >= 0.3 is 0 Å². The first-order valence-corrected chi connectivity index (χ1v) is 5.39. The summed E-state index contributed by atoms with van der Waals surface area (Å²) < 4.78 is 0. The Bertz CT molecular complexity index is 311. The summed E-state index contributed by atoms with van der Waals surface area (Å²) in [6.45, 7) is 8.66. The SMILES string of the molecule is CC=CC(C)=C(C)C1=CC(CC)C=C1. The summed E-state index contributed by atoms with van der Waals surface area (Å²) >= 11 is 0.